The van der Waals surface area contributed by atoms with Crippen molar-refractivity contribution in [2.24, 2.45) is 0 Å². The molecule has 1 aromatic carbocycles. The molecule has 108 valence electrons. The minimum atomic E-state index is -1.61. The van der Waals surface area contributed by atoms with Gasteiger partial charge in [-0.15, -0.1) is 0 Å². The Morgan fingerprint density at radius 2 is 1.90 bits per heavy atom. The molecule has 0 saturated carbocycles. The van der Waals surface area contributed by atoms with Crippen LogP contribution in [0.1, 0.15) is 32.3 Å². The van der Waals surface area contributed by atoms with Crippen molar-refractivity contribution in [2.45, 2.75) is 26.7 Å². The van der Waals surface area contributed by atoms with Crippen LogP contribution in [0.5, 0.6) is 11.5 Å². The molecule has 20 heavy (non-hydrogen) atoms. The number of hydrogen-bond donors (Lipinski definition) is 1. The zero-order valence-electron chi connectivity index (χ0n) is 11.1. The van der Waals surface area contributed by atoms with E-state index in [-0.39, 0.29) is 28.7 Å². The summed E-state index contributed by atoms with van der Waals surface area (Å²) in [6.07, 6.45) is -1.61. The highest BCUT2D eigenvalue weighted by atomic mass is 16.7. The minimum absolute atomic E-state index is 0.101. The van der Waals surface area contributed by atoms with Crippen molar-refractivity contribution in [3.63, 3.8) is 0 Å². The van der Waals surface area contributed by atoms with E-state index in [9.17, 15) is 19.7 Å². The second-order valence-electron chi connectivity index (χ2n) is 4.20. The van der Waals surface area contributed by atoms with Gasteiger partial charge in [0.25, 0.3) is 5.69 Å². The quantitative estimate of drug-likeness (QED) is 0.297. The van der Waals surface area contributed by atoms with Crippen molar-refractivity contribution >= 4 is 17.8 Å². The first-order valence-corrected chi connectivity index (χ1v) is 5.64. The molecular formula is C12H13NO7. The van der Waals surface area contributed by atoms with E-state index in [0.29, 0.717) is 0 Å². The molecule has 8 heteroatoms. The first-order chi connectivity index (χ1) is 9.23. The van der Waals surface area contributed by atoms with Crippen molar-refractivity contribution in [3.05, 3.63) is 27.8 Å². The van der Waals surface area contributed by atoms with Crippen molar-refractivity contribution in [2.75, 3.05) is 0 Å². The number of esters is 1. The molecule has 1 aromatic rings. The number of nitrogens with zero attached hydrogens (tertiary/aromatic N) is 1. The fourth-order valence-corrected chi connectivity index (χ4v) is 1.71. The summed E-state index contributed by atoms with van der Waals surface area (Å²) in [4.78, 5) is 32.1. The lowest BCUT2D eigenvalue weighted by Gasteiger charge is -2.15. The van der Waals surface area contributed by atoms with Gasteiger partial charge in [-0.3, -0.25) is 14.9 Å². The van der Waals surface area contributed by atoms with E-state index in [1.807, 2.05) is 0 Å². The molecule has 0 atom stereocenters. The van der Waals surface area contributed by atoms with E-state index in [4.69, 9.17) is 9.84 Å². The minimum Gasteiger partial charge on any atom is -0.449 e. The molecule has 1 rings (SSSR count). The van der Waals surface area contributed by atoms with Crippen LogP contribution in [-0.4, -0.2) is 22.2 Å². The second kappa shape index (κ2) is 6.00. The van der Waals surface area contributed by atoms with Crippen LogP contribution in [0.25, 0.3) is 0 Å². The summed E-state index contributed by atoms with van der Waals surface area (Å²) in [7, 11) is 0. The van der Waals surface area contributed by atoms with E-state index in [2.05, 4.69) is 4.74 Å². The molecule has 1 N–H and O–H groups in total. The number of benzene rings is 1. The molecule has 0 aliphatic heterocycles. The third-order valence-electron chi connectivity index (χ3n) is 2.35. The van der Waals surface area contributed by atoms with Crippen LogP contribution in [0.2, 0.25) is 0 Å². The van der Waals surface area contributed by atoms with Crippen molar-refractivity contribution < 1.29 is 29.1 Å². The monoisotopic (exact) mass is 283 g/mol. The van der Waals surface area contributed by atoms with E-state index in [1.165, 1.54) is 0 Å². The SMILES string of the molecule is CC(=O)Oc1c(OC(=O)O)ccc([N+](=O)[O-])c1C(C)C. The molecule has 0 heterocycles. The first kappa shape index (κ1) is 15.4. The number of carboxylic acid groups (broad SMARTS) is 1. The lowest BCUT2D eigenvalue weighted by atomic mass is 9.99. The molecule has 0 aliphatic rings. The standard InChI is InChI=1S/C12H13NO7/c1-6(2)10-8(13(17)18)4-5-9(20-12(15)16)11(10)19-7(3)14/h4-6H,1-3H3,(H,15,16). The van der Waals surface area contributed by atoms with Gasteiger partial charge in [-0.05, 0) is 12.0 Å². The van der Waals surface area contributed by atoms with Gasteiger partial charge in [-0.25, -0.2) is 4.79 Å². The Kier molecular flexibility index (Phi) is 4.63. The highest BCUT2D eigenvalue weighted by Gasteiger charge is 2.27. The van der Waals surface area contributed by atoms with Gasteiger partial charge in [-0.2, -0.15) is 0 Å². The number of ether oxygens (including phenoxy) is 2. The lowest BCUT2D eigenvalue weighted by molar-refractivity contribution is -0.385. The predicted molar refractivity (Wildman–Crippen MR) is 67.1 cm³/mol. The number of nitro groups is 1. The molecule has 0 spiro atoms. The van der Waals surface area contributed by atoms with E-state index in [0.717, 1.165) is 19.1 Å². The van der Waals surface area contributed by atoms with Crippen LogP contribution in [0.15, 0.2) is 12.1 Å². The van der Waals surface area contributed by atoms with Gasteiger partial charge < -0.3 is 14.6 Å². The smallest absolute Gasteiger partial charge is 0.449 e. The van der Waals surface area contributed by atoms with Crippen LogP contribution in [0.3, 0.4) is 0 Å². The molecule has 0 unspecified atom stereocenters. The maximum atomic E-state index is 11.1. The summed E-state index contributed by atoms with van der Waals surface area (Å²) in [6, 6.07) is 2.19. The van der Waals surface area contributed by atoms with Crippen molar-refractivity contribution in [1.82, 2.24) is 0 Å². The molecule has 0 saturated heterocycles. The molecule has 0 amide bonds. The molecule has 0 bridgehead atoms. The number of carbonyl (C=O) groups is 2. The molecule has 0 fully saturated rings. The van der Waals surface area contributed by atoms with Crippen molar-refractivity contribution in [1.29, 1.82) is 0 Å². The Labute approximate surface area is 114 Å². The summed E-state index contributed by atoms with van der Waals surface area (Å²) >= 11 is 0. The summed E-state index contributed by atoms with van der Waals surface area (Å²) in [5.74, 6) is -1.61. The lowest BCUT2D eigenvalue weighted by Crippen LogP contribution is -2.11. The number of hydrogen-bond acceptors (Lipinski definition) is 6. The molecular weight excluding hydrogens is 270 g/mol. The average Bonchev–Trinajstić information content (AvgIpc) is 2.28. The fraction of sp³-hybridized carbons (Fsp3) is 0.333. The Balaban J connectivity index is 3.55. The Hall–Kier alpha value is -2.64. The van der Waals surface area contributed by atoms with E-state index < -0.39 is 17.0 Å². The topological polar surface area (TPSA) is 116 Å². The predicted octanol–water partition coefficient (Wildman–Crippen LogP) is 2.70. The average molecular weight is 283 g/mol. The van der Waals surface area contributed by atoms with Crippen LogP contribution in [0.4, 0.5) is 10.5 Å². The van der Waals surface area contributed by atoms with Gasteiger partial charge in [0.2, 0.25) is 0 Å². The fourth-order valence-electron chi connectivity index (χ4n) is 1.71. The largest absolute Gasteiger partial charge is 0.511 e. The van der Waals surface area contributed by atoms with Crippen LogP contribution >= 0.6 is 0 Å². The van der Waals surface area contributed by atoms with Crippen LogP contribution in [0, 0.1) is 10.1 Å². The third kappa shape index (κ3) is 3.44. The zero-order chi connectivity index (χ0) is 15.4. The maximum Gasteiger partial charge on any atom is 0.511 e. The molecule has 0 aliphatic carbocycles. The van der Waals surface area contributed by atoms with Gasteiger partial charge in [0.1, 0.15) is 0 Å². The third-order valence-corrected chi connectivity index (χ3v) is 2.35. The van der Waals surface area contributed by atoms with Gasteiger partial charge in [-0.1, -0.05) is 13.8 Å². The van der Waals surface area contributed by atoms with Gasteiger partial charge in [0.05, 0.1) is 10.5 Å². The summed E-state index contributed by atoms with van der Waals surface area (Å²) in [5, 5.41) is 19.6. The highest BCUT2D eigenvalue weighted by Crippen LogP contribution is 2.42. The zero-order valence-corrected chi connectivity index (χ0v) is 11.1. The Morgan fingerprint density at radius 1 is 1.30 bits per heavy atom. The number of nitro benzene ring substituents is 1. The van der Waals surface area contributed by atoms with E-state index in [1.54, 1.807) is 13.8 Å². The number of rotatable bonds is 4. The Morgan fingerprint density at radius 3 is 2.30 bits per heavy atom. The maximum absolute atomic E-state index is 11.1. The normalized spacial score (nSPS) is 10.2. The molecule has 8 nitrogen and oxygen atoms in total. The molecule has 0 radical (unpaired) electrons. The summed E-state index contributed by atoms with van der Waals surface area (Å²) in [5.41, 5.74) is -0.169. The second-order valence-corrected chi connectivity index (χ2v) is 4.20. The highest BCUT2D eigenvalue weighted by molar-refractivity contribution is 5.74. The van der Waals surface area contributed by atoms with Crippen LogP contribution < -0.4 is 9.47 Å². The summed E-state index contributed by atoms with van der Waals surface area (Å²) < 4.78 is 9.39. The summed E-state index contributed by atoms with van der Waals surface area (Å²) in [6.45, 7) is 4.41. The van der Waals surface area contributed by atoms with Gasteiger partial charge in [0, 0.05) is 13.0 Å². The molecule has 0 aromatic heterocycles. The van der Waals surface area contributed by atoms with Crippen LogP contribution in [-0.2, 0) is 4.79 Å². The first-order valence-electron chi connectivity index (χ1n) is 5.64. The Bertz CT molecular complexity index is 565. The van der Waals surface area contributed by atoms with Gasteiger partial charge >= 0.3 is 12.1 Å². The van der Waals surface area contributed by atoms with E-state index >= 15 is 0 Å². The van der Waals surface area contributed by atoms with Gasteiger partial charge in [0.15, 0.2) is 11.5 Å². The van der Waals surface area contributed by atoms with Crippen molar-refractivity contribution in [3.8, 4) is 11.5 Å². The number of carbonyl (C=O) groups excluding carboxylic acids is 1.